The molecule has 0 saturated heterocycles. The average Bonchev–Trinajstić information content (AvgIpc) is 3.74. The highest BCUT2D eigenvalue weighted by Gasteiger charge is 2.20. The van der Waals surface area contributed by atoms with Crippen LogP contribution >= 0.6 is 22.7 Å². The molecule has 50 heavy (non-hydrogen) atoms. The summed E-state index contributed by atoms with van der Waals surface area (Å²) in [6.45, 7) is 0. The van der Waals surface area contributed by atoms with Crippen LogP contribution in [0.5, 0.6) is 0 Å². The second kappa shape index (κ2) is 10.9. The molecule has 11 rings (SSSR count). The molecular weight excluding hydrogens is 641 g/mol. The number of rotatable bonds is 3. The quantitative estimate of drug-likeness (QED) is 0.164. The third kappa shape index (κ3) is 4.10. The zero-order chi connectivity index (χ0) is 32.8. The molecule has 0 atom stereocenters. The topological polar surface area (TPSA) is 0 Å². The Morgan fingerprint density at radius 2 is 0.620 bits per heavy atom. The number of thiophene rings is 2. The zero-order valence-electron chi connectivity index (χ0n) is 27.0. The van der Waals surface area contributed by atoms with Crippen LogP contribution in [-0.2, 0) is 0 Å². The molecule has 0 aliphatic heterocycles. The monoisotopic (exact) mass is 668 g/mol. The average molecular weight is 669 g/mol. The van der Waals surface area contributed by atoms with E-state index in [0.717, 1.165) is 0 Å². The largest absolute Gasteiger partial charge is 0.135 e. The summed E-state index contributed by atoms with van der Waals surface area (Å²) in [4.78, 5) is 0. The molecule has 0 saturated carbocycles. The number of hydrogen-bond acceptors (Lipinski definition) is 2. The van der Waals surface area contributed by atoms with Crippen LogP contribution in [0.3, 0.4) is 0 Å². The minimum absolute atomic E-state index is 1.25. The summed E-state index contributed by atoms with van der Waals surface area (Å²) >= 11 is 3.75. The van der Waals surface area contributed by atoms with Crippen LogP contribution < -0.4 is 0 Å². The normalized spacial score (nSPS) is 12.0. The van der Waals surface area contributed by atoms with Crippen LogP contribution in [0, 0.1) is 0 Å². The van der Waals surface area contributed by atoms with Crippen molar-refractivity contribution in [1.82, 2.24) is 0 Å². The van der Waals surface area contributed by atoms with Crippen molar-refractivity contribution in [2.24, 2.45) is 0 Å². The van der Waals surface area contributed by atoms with Gasteiger partial charge in [-0.1, -0.05) is 133 Å². The standard InChI is InChI=1S/C48H28S2/c1-2-12-33-32(11-1)31(29-21-25-45-41(27-29)34-13-7-9-19-43(34)49-45)23-24-40(33)48-38-17-5-3-15-36(38)47(37-16-4-6-18-39(37)48)30-22-26-46-42(28-30)35-14-8-10-20-44(35)50-46/h1-28H. The van der Waals surface area contributed by atoms with Crippen molar-refractivity contribution >= 4 is 95.3 Å². The Morgan fingerprint density at radius 1 is 0.240 bits per heavy atom. The van der Waals surface area contributed by atoms with Gasteiger partial charge in [0.05, 0.1) is 0 Å². The summed E-state index contributed by atoms with van der Waals surface area (Å²) in [6, 6.07) is 63.3. The molecule has 2 heterocycles. The lowest BCUT2D eigenvalue weighted by atomic mass is 9.83. The highest BCUT2D eigenvalue weighted by Crippen LogP contribution is 2.48. The molecule has 0 aliphatic carbocycles. The third-order valence-corrected chi connectivity index (χ3v) is 12.8. The molecule has 0 N–H and O–H groups in total. The molecule has 0 unspecified atom stereocenters. The van der Waals surface area contributed by atoms with E-state index in [-0.39, 0.29) is 0 Å². The Morgan fingerprint density at radius 3 is 1.18 bits per heavy atom. The lowest BCUT2D eigenvalue weighted by molar-refractivity contribution is 1.67. The van der Waals surface area contributed by atoms with Gasteiger partial charge in [0.25, 0.3) is 0 Å². The summed E-state index contributed by atoms with van der Waals surface area (Å²) in [5, 5.41) is 13.0. The van der Waals surface area contributed by atoms with Crippen molar-refractivity contribution in [1.29, 1.82) is 0 Å². The van der Waals surface area contributed by atoms with Gasteiger partial charge in [-0.15, -0.1) is 22.7 Å². The smallest absolute Gasteiger partial charge is 0.0355 e. The van der Waals surface area contributed by atoms with Gasteiger partial charge in [-0.05, 0) is 102 Å². The summed E-state index contributed by atoms with van der Waals surface area (Å²) in [7, 11) is 0. The Hall–Kier alpha value is -5.80. The molecule has 2 aromatic heterocycles. The van der Waals surface area contributed by atoms with E-state index in [1.54, 1.807) is 0 Å². The Bertz CT molecular complexity index is 3100. The molecule has 0 radical (unpaired) electrons. The second-order valence-electron chi connectivity index (χ2n) is 13.2. The van der Waals surface area contributed by atoms with E-state index < -0.39 is 0 Å². The maximum absolute atomic E-state index is 2.42. The first kappa shape index (κ1) is 28.1. The first-order chi connectivity index (χ1) is 24.8. The van der Waals surface area contributed by atoms with Gasteiger partial charge in [0.15, 0.2) is 0 Å². The Labute approximate surface area is 297 Å². The minimum atomic E-state index is 1.25. The molecule has 232 valence electrons. The van der Waals surface area contributed by atoms with Crippen molar-refractivity contribution in [3.05, 3.63) is 170 Å². The SMILES string of the molecule is c1ccc2c(c1)sc1ccc(-c3ccc(-c4c5ccccc5c(-c5ccc6sc7ccccc7c6c5)c5ccccc45)c4ccccc34)cc12. The van der Waals surface area contributed by atoms with Gasteiger partial charge in [-0.3, -0.25) is 0 Å². The summed E-state index contributed by atoms with van der Waals surface area (Å²) < 4.78 is 5.34. The van der Waals surface area contributed by atoms with Crippen LogP contribution in [0.25, 0.3) is 106 Å². The van der Waals surface area contributed by atoms with Crippen LogP contribution in [0.2, 0.25) is 0 Å². The van der Waals surface area contributed by atoms with Crippen LogP contribution in [0.4, 0.5) is 0 Å². The number of benzene rings is 9. The van der Waals surface area contributed by atoms with E-state index in [1.165, 1.54) is 106 Å². The molecule has 2 heteroatoms. The molecule has 0 amide bonds. The van der Waals surface area contributed by atoms with Crippen LogP contribution in [0.1, 0.15) is 0 Å². The van der Waals surface area contributed by atoms with Gasteiger partial charge < -0.3 is 0 Å². The van der Waals surface area contributed by atoms with Gasteiger partial charge >= 0.3 is 0 Å². The first-order valence-electron chi connectivity index (χ1n) is 17.1. The maximum Gasteiger partial charge on any atom is 0.0355 e. The van der Waals surface area contributed by atoms with E-state index in [4.69, 9.17) is 0 Å². The van der Waals surface area contributed by atoms with Gasteiger partial charge in [0, 0.05) is 40.3 Å². The molecule has 0 nitrogen and oxygen atoms in total. The lowest BCUT2D eigenvalue weighted by Crippen LogP contribution is -1.92. The number of hydrogen-bond donors (Lipinski definition) is 0. The van der Waals surface area contributed by atoms with E-state index in [0.29, 0.717) is 0 Å². The van der Waals surface area contributed by atoms with Crippen LogP contribution in [0.15, 0.2) is 170 Å². The second-order valence-corrected chi connectivity index (χ2v) is 15.3. The molecular formula is C48H28S2. The predicted molar refractivity (Wildman–Crippen MR) is 221 cm³/mol. The van der Waals surface area contributed by atoms with E-state index in [9.17, 15) is 0 Å². The van der Waals surface area contributed by atoms with Crippen LogP contribution in [-0.4, -0.2) is 0 Å². The zero-order valence-corrected chi connectivity index (χ0v) is 28.6. The fourth-order valence-corrected chi connectivity index (χ4v) is 10.4. The summed E-state index contributed by atoms with van der Waals surface area (Å²) in [5.41, 5.74) is 7.65. The Kier molecular flexibility index (Phi) is 6.09. The predicted octanol–water partition coefficient (Wildman–Crippen LogP) is 14.9. The van der Waals surface area contributed by atoms with Crippen molar-refractivity contribution in [3.63, 3.8) is 0 Å². The molecule has 0 bridgehead atoms. The summed E-state index contributed by atoms with van der Waals surface area (Å²) in [5.74, 6) is 0. The fraction of sp³-hybridized carbons (Fsp3) is 0. The van der Waals surface area contributed by atoms with Gasteiger partial charge in [-0.25, -0.2) is 0 Å². The van der Waals surface area contributed by atoms with E-state index in [1.807, 2.05) is 22.7 Å². The molecule has 0 spiro atoms. The number of fused-ring (bicyclic) bond motifs is 9. The van der Waals surface area contributed by atoms with Crippen molar-refractivity contribution in [2.45, 2.75) is 0 Å². The van der Waals surface area contributed by atoms with Gasteiger partial charge in [0.1, 0.15) is 0 Å². The molecule has 9 aromatic carbocycles. The van der Waals surface area contributed by atoms with E-state index >= 15 is 0 Å². The third-order valence-electron chi connectivity index (χ3n) is 10.5. The van der Waals surface area contributed by atoms with Crippen molar-refractivity contribution in [2.75, 3.05) is 0 Å². The molecule has 11 aromatic rings. The highest BCUT2D eigenvalue weighted by atomic mass is 32.1. The first-order valence-corrected chi connectivity index (χ1v) is 18.7. The summed E-state index contributed by atoms with van der Waals surface area (Å²) in [6.07, 6.45) is 0. The van der Waals surface area contributed by atoms with Crippen molar-refractivity contribution < 1.29 is 0 Å². The molecule has 0 aliphatic rings. The van der Waals surface area contributed by atoms with Crippen molar-refractivity contribution in [3.8, 4) is 33.4 Å². The minimum Gasteiger partial charge on any atom is -0.135 e. The molecule has 0 fully saturated rings. The Balaban J connectivity index is 1.17. The van der Waals surface area contributed by atoms with E-state index in [2.05, 4.69) is 170 Å². The highest BCUT2D eigenvalue weighted by molar-refractivity contribution is 7.26. The van der Waals surface area contributed by atoms with Gasteiger partial charge in [0.2, 0.25) is 0 Å². The van der Waals surface area contributed by atoms with Gasteiger partial charge in [-0.2, -0.15) is 0 Å². The maximum atomic E-state index is 2.42. The lowest BCUT2D eigenvalue weighted by Gasteiger charge is -2.20. The fourth-order valence-electron chi connectivity index (χ4n) is 8.27.